The summed E-state index contributed by atoms with van der Waals surface area (Å²) in [6.45, 7) is 5.72. The fourth-order valence-corrected chi connectivity index (χ4v) is 2.70. The van der Waals surface area contributed by atoms with Crippen LogP contribution in [0.15, 0.2) is 18.2 Å². The van der Waals surface area contributed by atoms with Gasteiger partial charge in [0.05, 0.1) is 6.61 Å². The first-order valence-corrected chi connectivity index (χ1v) is 7.15. The lowest BCUT2D eigenvalue weighted by atomic mass is 10.1. The van der Waals surface area contributed by atoms with E-state index in [0.717, 1.165) is 32.6 Å². The van der Waals surface area contributed by atoms with Gasteiger partial charge in [-0.2, -0.15) is 0 Å². The van der Waals surface area contributed by atoms with E-state index in [2.05, 4.69) is 16.7 Å². The molecule has 0 spiro atoms. The molecule has 1 aliphatic heterocycles. The van der Waals surface area contributed by atoms with Gasteiger partial charge in [0.1, 0.15) is 11.6 Å². The van der Waals surface area contributed by atoms with Crippen LogP contribution in [0.5, 0.6) is 0 Å². The van der Waals surface area contributed by atoms with E-state index in [9.17, 15) is 13.9 Å². The van der Waals surface area contributed by atoms with Crippen molar-refractivity contribution >= 4 is 0 Å². The highest BCUT2D eigenvalue weighted by Crippen LogP contribution is 2.17. The third kappa shape index (κ3) is 3.53. The van der Waals surface area contributed by atoms with Crippen LogP contribution in [0.2, 0.25) is 0 Å². The number of hydrogen-bond acceptors (Lipinski definition) is 3. The van der Waals surface area contributed by atoms with Crippen molar-refractivity contribution in [1.29, 1.82) is 0 Å². The van der Waals surface area contributed by atoms with Gasteiger partial charge in [0.15, 0.2) is 0 Å². The molecule has 1 aromatic carbocycles. The Balaban J connectivity index is 1.92. The first kappa shape index (κ1) is 15.4. The predicted molar refractivity (Wildman–Crippen MR) is 74.4 cm³/mol. The molecule has 2 rings (SSSR count). The van der Waals surface area contributed by atoms with Crippen LogP contribution >= 0.6 is 0 Å². The van der Waals surface area contributed by atoms with Crippen molar-refractivity contribution in [3.63, 3.8) is 0 Å². The highest BCUT2D eigenvalue weighted by atomic mass is 19.1. The number of halogens is 2. The zero-order valence-electron chi connectivity index (χ0n) is 11.9. The van der Waals surface area contributed by atoms with Crippen LogP contribution in [0.25, 0.3) is 0 Å². The van der Waals surface area contributed by atoms with E-state index in [0.29, 0.717) is 6.54 Å². The smallest absolute Gasteiger partial charge is 0.130 e. The van der Waals surface area contributed by atoms with E-state index in [-0.39, 0.29) is 18.2 Å². The average Bonchev–Trinajstić information content (AvgIpc) is 2.46. The number of piperazine rings is 1. The molecule has 0 unspecified atom stereocenters. The van der Waals surface area contributed by atoms with Crippen LogP contribution in [-0.2, 0) is 6.54 Å². The van der Waals surface area contributed by atoms with Gasteiger partial charge < -0.3 is 5.11 Å². The van der Waals surface area contributed by atoms with Crippen molar-refractivity contribution in [3.05, 3.63) is 35.4 Å². The van der Waals surface area contributed by atoms with Gasteiger partial charge in [-0.25, -0.2) is 8.78 Å². The Hall–Kier alpha value is -1.04. The van der Waals surface area contributed by atoms with E-state index in [4.69, 9.17) is 0 Å². The van der Waals surface area contributed by atoms with Gasteiger partial charge in [-0.1, -0.05) is 13.0 Å². The van der Waals surface area contributed by atoms with Crippen LogP contribution in [0, 0.1) is 11.6 Å². The number of hydrogen-bond donors (Lipinski definition) is 1. The van der Waals surface area contributed by atoms with Gasteiger partial charge in [-0.3, -0.25) is 9.80 Å². The minimum absolute atomic E-state index is 0.148. The molecular weight excluding hydrogens is 262 g/mol. The van der Waals surface area contributed by atoms with Crippen molar-refractivity contribution in [1.82, 2.24) is 9.80 Å². The molecule has 1 aliphatic rings. The first-order valence-electron chi connectivity index (χ1n) is 7.15. The molecule has 1 N–H and O–H groups in total. The SMILES string of the molecule is CC[C@H](CO)N1CCN(Cc2c(F)cccc2F)CC1. The van der Waals surface area contributed by atoms with E-state index in [1.165, 1.54) is 18.2 Å². The summed E-state index contributed by atoms with van der Waals surface area (Å²) in [5.74, 6) is -0.955. The number of rotatable bonds is 5. The zero-order valence-corrected chi connectivity index (χ0v) is 11.9. The third-order valence-corrected chi connectivity index (χ3v) is 4.05. The molecule has 0 bridgehead atoms. The minimum Gasteiger partial charge on any atom is -0.395 e. The number of benzene rings is 1. The molecule has 0 saturated carbocycles. The topological polar surface area (TPSA) is 26.7 Å². The molecule has 1 atom stereocenters. The highest BCUT2D eigenvalue weighted by molar-refractivity contribution is 5.19. The Morgan fingerprint density at radius 3 is 2.25 bits per heavy atom. The Kier molecular flexibility index (Phi) is 5.46. The molecule has 1 fully saturated rings. The summed E-state index contributed by atoms with van der Waals surface area (Å²) < 4.78 is 27.2. The molecule has 3 nitrogen and oxygen atoms in total. The van der Waals surface area contributed by atoms with Crippen molar-refractivity contribution in [3.8, 4) is 0 Å². The van der Waals surface area contributed by atoms with Crippen LogP contribution in [-0.4, -0.2) is 53.7 Å². The highest BCUT2D eigenvalue weighted by Gasteiger charge is 2.23. The fraction of sp³-hybridized carbons (Fsp3) is 0.600. The summed E-state index contributed by atoms with van der Waals surface area (Å²) in [5, 5.41) is 9.30. The molecule has 0 radical (unpaired) electrons. The standard InChI is InChI=1S/C15H22F2N2O/c1-2-12(11-20)19-8-6-18(7-9-19)10-13-14(16)4-3-5-15(13)17/h3-5,12,20H,2,6-11H2,1H3/t12-/m1/s1. The monoisotopic (exact) mass is 284 g/mol. The van der Waals surface area contributed by atoms with Crippen molar-refractivity contribution in [2.45, 2.75) is 25.9 Å². The van der Waals surface area contributed by atoms with E-state index < -0.39 is 11.6 Å². The summed E-state index contributed by atoms with van der Waals surface area (Å²) in [4.78, 5) is 4.30. The Morgan fingerprint density at radius 1 is 1.15 bits per heavy atom. The van der Waals surface area contributed by atoms with Gasteiger partial charge in [0.2, 0.25) is 0 Å². The first-order chi connectivity index (χ1) is 9.65. The molecular formula is C15H22F2N2O. The molecule has 0 aliphatic carbocycles. The fourth-order valence-electron chi connectivity index (χ4n) is 2.70. The number of aliphatic hydroxyl groups excluding tert-OH is 1. The molecule has 1 aromatic rings. The summed E-state index contributed by atoms with van der Waals surface area (Å²) in [5.41, 5.74) is 0.148. The average molecular weight is 284 g/mol. The lowest BCUT2D eigenvalue weighted by Crippen LogP contribution is -2.50. The van der Waals surface area contributed by atoms with Crippen LogP contribution in [0.1, 0.15) is 18.9 Å². The maximum Gasteiger partial charge on any atom is 0.130 e. The summed E-state index contributed by atoms with van der Waals surface area (Å²) in [6, 6.07) is 4.18. The van der Waals surface area contributed by atoms with Crippen molar-refractivity contribution < 1.29 is 13.9 Å². The Labute approximate surface area is 118 Å². The largest absolute Gasteiger partial charge is 0.395 e. The van der Waals surface area contributed by atoms with Crippen molar-refractivity contribution in [2.75, 3.05) is 32.8 Å². The van der Waals surface area contributed by atoms with E-state index >= 15 is 0 Å². The molecule has 0 amide bonds. The van der Waals surface area contributed by atoms with Gasteiger partial charge in [-0.05, 0) is 18.6 Å². The molecule has 20 heavy (non-hydrogen) atoms. The maximum absolute atomic E-state index is 13.6. The van der Waals surface area contributed by atoms with Crippen LogP contribution in [0.4, 0.5) is 8.78 Å². The van der Waals surface area contributed by atoms with Gasteiger partial charge in [0, 0.05) is 44.3 Å². The summed E-state index contributed by atoms with van der Waals surface area (Å²) in [6.07, 6.45) is 0.915. The van der Waals surface area contributed by atoms with Gasteiger partial charge >= 0.3 is 0 Å². The van der Waals surface area contributed by atoms with Crippen LogP contribution in [0.3, 0.4) is 0 Å². The lowest BCUT2D eigenvalue weighted by molar-refractivity contribution is 0.0600. The van der Waals surface area contributed by atoms with Crippen LogP contribution < -0.4 is 0 Å². The summed E-state index contributed by atoms with van der Waals surface area (Å²) >= 11 is 0. The van der Waals surface area contributed by atoms with Gasteiger partial charge in [0.25, 0.3) is 0 Å². The minimum atomic E-state index is -0.478. The normalized spacial score (nSPS) is 19.2. The molecule has 1 saturated heterocycles. The maximum atomic E-state index is 13.6. The van der Waals surface area contributed by atoms with E-state index in [1.807, 2.05) is 0 Å². The number of nitrogens with zero attached hydrogens (tertiary/aromatic N) is 2. The quantitative estimate of drug-likeness (QED) is 0.894. The van der Waals surface area contributed by atoms with Gasteiger partial charge in [-0.15, -0.1) is 0 Å². The Bertz CT molecular complexity index is 410. The molecule has 5 heteroatoms. The molecule has 0 aromatic heterocycles. The second-order valence-electron chi connectivity index (χ2n) is 5.26. The second kappa shape index (κ2) is 7.11. The number of aliphatic hydroxyl groups is 1. The predicted octanol–water partition coefficient (Wildman–Crippen LogP) is 1.85. The Morgan fingerprint density at radius 2 is 1.75 bits per heavy atom. The molecule has 112 valence electrons. The lowest BCUT2D eigenvalue weighted by Gasteiger charge is -2.38. The van der Waals surface area contributed by atoms with Crippen molar-refractivity contribution in [2.24, 2.45) is 0 Å². The zero-order chi connectivity index (χ0) is 14.5. The summed E-state index contributed by atoms with van der Waals surface area (Å²) in [7, 11) is 0. The van der Waals surface area contributed by atoms with E-state index in [1.54, 1.807) is 0 Å². The third-order valence-electron chi connectivity index (χ3n) is 4.05. The second-order valence-corrected chi connectivity index (χ2v) is 5.26. The molecule has 1 heterocycles.